The van der Waals surface area contributed by atoms with E-state index in [0.29, 0.717) is 5.82 Å². The van der Waals surface area contributed by atoms with Gasteiger partial charge < -0.3 is 9.88 Å². The quantitative estimate of drug-likeness (QED) is 0.911. The van der Waals surface area contributed by atoms with E-state index in [-0.39, 0.29) is 12.4 Å². The molecular formula is C10H10F3N5. The minimum Gasteiger partial charge on any atom is -0.363 e. The van der Waals surface area contributed by atoms with Crippen molar-refractivity contribution in [1.82, 2.24) is 19.7 Å². The topological polar surface area (TPSA) is 55.6 Å². The molecule has 18 heavy (non-hydrogen) atoms. The Labute approximate surface area is 101 Å². The molecule has 0 unspecified atom stereocenters. The van der Waals surface area contributed by atoms with E-state index < -0.39 is 11.9 Å². The average Bonchev–Trinajstić information content (AvgIpc) is 2.72. The number of aromatic nitrogens is 4. The van der Waals surface area contributed by atoms with Crippen LogP contribution in [0.5, 0.6) is 0 Å². The van der Waals surface area contributed by atoms with Gasteiger partial charge in [0.1, 0.15) is 17.8 Å². The zero-order valence-electron chi connectivity index (χ0n) is 9.44. The molecule has 0 aliphatic heterocycles. The van der Waals surface area contributed by atoms with E-state index in [1.165, 1.54) is 18.5 Å². The van der Waals surface area contributed by atoms with Crippen LogP contribution in [0.2, 0.25) is 0 Å². The number of halogens is 3. The van der Waals surface area contributed by atoms with Gasteiger partial charge in [0.05, 0.1) is 6.54 Å². The zero-order valence-corrected chi connectivity index (χ0v) is 9.44. The summed E-state index contributed by atoms with van der Waals surface area (Å²) in [5.41, 5.74) is -0.925. The van der Waals surface area contributed by atoms with Crippen LogP contribution in [-0.4, -0.2) is 19.7 Å². The summed E-state index contributed by atoms with van der Waals surface area (Å²) in [6, 6.07) is 3.69. The molecule has 2 aromatic heterocycles. The summed E-state index contributed by atoms with van der Waals surface area (Å²) in [4.78, 5) is 3.48. The molecule has 2 heterocycles. The van der Waals surface area contributed by atoms with Crippen LogP contribution >= 0.6 is 0 Å². The maximum absolute atomic E-state index is 12.4. The Hall–Kier alpha value is -2.12. The predicted molar refractivity (Wildman–Crippen MR) is 57.6 cm³/mol. The first-order valence-corrected chi connectivity index (χ1v) is 5.08. The van der Waals surface area contributed by atoms with Crippen molar-refractivity contribution in [2.24, 2.45) is 7.05 Å². The third-order valence-corrected chi connectivity index (χ3v) is 2.27. The molecule has 0 aliphatic rings. The van der Waals surface area contributed by atoms with Crippen LogP contribution in [0.25, 0.3) is 0 Å². The Morgan fingerprint density at radius 2 is 2.11 bits per heavy atom. The Kier molecular flexibility index (Phi) is 3.17. The summed E-state index contributed by atoms with van der Waals surface area (Å²) in [5.74, 6) is 0.752. The Balaban J connectivity index is 2.09. The lowest BCUT2D eigenvalue weighted by Crippen LogP contribution is -2.11. The lowest BCUT2D eigenvalue weighted by Gasteiger charge is -2.09. The van der Waals surface area contributed by atoms with Crippen LogP contribution in [0, 0.1) is 0 Å². The van der Waals surface area contributed by atoms with Crippen molar-refractivity contribution in [2.75, 3.05) is 5.32 Å². The van der Waals surface area contributed by atoms with Crippen LogP contribution in [0.15, 0.2) is 24.5 Å². The fraction of sp³-hybridized carbons (Fsp3) is 0.300. The molecule has 0 bridgehead atoms. The highest BCUT2D eigenvalue weighted by atomic mass is 19.4. The Morgan fingerprint density at radius 3 is 2.72 bits per heavy atom. The van der Waals surface area contributed by atoms with Gasteiger partial charge in [0.25, 0.3) is 0 Å². The standard InChI is InChI=1S/C10H10F3N5/c1-18-6-15-17-9(18)5-14-8-4-2-3-7(16-8)10(11,12)13/h2-4,6H,5H2,1H3,(H,14,16). The van der Waals surface area contributed by atoms with Crippen LogP contribution < -0.4 is 5.32 Å². The van der Waals surface area contributed by atoms with Crippen molar-refractivity contribution in [3.05, 3.63) is 36.0 Å². The second-order valence-electron chi connectivity index (χ2n) is 3.62. The van der Waals surface area contributed by atoms with Gasteiger partial charge >= 0.3 is 6.18 Å². The number of anilines is 1. The van der Waals surface area contributed by atoms with Gasteiger partial charge in [-0.2, -0.15) is 13.2 Å². The summed E-state index contributed by atoms with van der Waals surface area (Å²) in [7, 11) is 1.75. The molecule has 0 spiro atoms. The van der Waals surface area contributed by atoms with E-state index in [9.17, 15) is 13.2 Å². The van der Waals surface area contributed by atoms with E-state index >= 15 is 0 Å². The zero-order chi connectivity index (χ0) is 13.2. The number of hydrogen-bond acceptors (Lipinski definition) is 4. The summed E-state index contributed by atoms with van der Waals surface area (Å²) >= 11 is 0. The molecule has 2 aromatic rings. The summed E-state index contributed by atoms with van der Waals surface area (Å²) in [6.45, 7) is 0.255. The van der Waals surface area contributed by atoms with Gasteiger partial charge in [0, 0.05) is 7.05 Å². The minimum atomic E-state index is -4.44. The minimum absolute atomic E-state index is 0.146. The molecule has 0 saturated heterocycles. The van der Waals surface area contributed by atoms with Gasteiger partial charge in [-0.15, -0.1) is 10.2 Å². The van der Waals surface area contributed by atoms with Crippen LogP contribution in [0.3, 0.4) is 0 Å². The van der Waals surface area contributed by atoms with E-state index in [0.717, 1.165) is 6.07 Å². The lowest BCUT2D eigenvalue weighted by molar-refractivity contribution is -0.141. The third kappa shape index (κ3) is 2.76. The van der Waals surface area contributed by atoms with Gasteiger partial charge in [0.15, 0.2) is 5.82 Å². The van der Waals surface area contributed by atoms with Gasteiger partial charge in [-0.1, -0.05) is 6.07 Å². The number of pyridine rings is 1. The molecule has 8 heteroatoms. The number of rotatable bonds is 3. The Bertz CT molecular complexity index is 534. The fourth-order valence-electron chi connectivity index (χ4n) is 1.33. The van der Waals surface area contributed by atoms with E-state index in [1.54, 1.807) is 11.6 Å². The number of nitrogens with zero attached hydrogens (tertiary/aromatic N) is 4. The highest BCUT2D eigenvalue weighted by Crippen LogP contribution is 2.28. The molecule has 0 aromatic carbocycles. The van der Waals surface area contributed by atoms with E-state index in [2.05, 4.69) is 20.5 Å². The second-order valence-corrected chi connectivity index (χ2v) is 3.62. The van der Waals surface area contributed by atoms with E-state index in [1.807, 2.05) is 0 Å². The van der Waals surface area contributed by atoms with Crippen molar-refractivity contribution in [3.63, 3.8) is 0 Å². The van der Waals surface area contributed by atoms with Gasteiger partial charge in [0.2, 0.25) is 0 Å². The highest BCUT2D eigenvalue weighted by Gasteiger charge is 2.32. The van der Waals surface area contributed by atoms with Crippen molar-refractivity contribution in [1.29, 1.82) is 0 Å². The SMILES string of the molecule is Cn1cnnc1CNc1cccc(C(F)(F)F)n1. The average molecular weight is 257 g/mol. The molecular weight excluding hydrogens is 247 g/mol. The van der Waals surface area contributed by atoms with Crippen LogP contribution in [-0.2, 0) is 19.8 Å². The predicted octanol–water partition coefficient (Wildman–Crippen LogP) is 1.84. The molecule has 2 rings (SSSR count). The maximum atomic E-state index is 12.4. The molecule has 0 aliphatic carbocycles. The number of alkyl halides is 3. The monoisotopic (exact) mass is 257 g/mol. The Morgan fingerprint density at radius 1 is 1.33 bits per heavy atom. The van der Waals surface area contributed by atoms with Crippen molar-refractivity contribution in [3.8, 4) is 0 Å². The molecule has 0 atom stereocenters. The maximum Gasteiger partial charge on any atom is 0.433 e. The first-order valence-electron chi connectivity index (χ1n) is 5.08. The summed E-state index contributed by atoms with van der Waals surface area (Å²) in [5, 5.41) is 10.2. The first-order chi connectivity index (χ1) is 8.47. The van der Waals surface area contributed by atoms with Crippen molar-refractivity contribution < 1.29 is 13.2 Å². The summed E-state index contributed by atoms with van der Waals surface area (Å²) in [6.07, 6.45) is -2.93. The number of hydrogen-bond donors (Lipinski definition) is 1. The third-order valence-electron chi connectivity index (χ3n) is 2.27. The van der Waals surface area contributed by atoms with Gasteiger partial charge in [-0.05, 0) is 12.1 Å². The molecule has 1 N–H and O–H groups in total. The second kappa shape index (κ2) is 4.63. The molecule has 96 valence electrons. The molecule has 0 saturated carbocycles. The molecule has 0 radical (unpaired) electrons. The van der Waals surface area contributed by atoms with E-state index in [4.69, 9.17) is 0 Å². The van der Waals surface area contributed by atoms with Crippen molar-refractivity contribution in [2.45, 2.75) is 12.7 Å². The van der Waals surface area contributed by atoms with Gasteiger partial charge in [-0.25, -0.2) is 4.98 Å². The lowest BCUT2D eigenvalue weighted by atomic mass is 10.3. The smallest absolute Gasteiger partial charge is 0.363 e. The van der Waals surface area contributed by atoms with Crippen molar-refractivity contribution >= 4 is 5.82 Å². The normalized spacial score (nSPS) is 11.6. The highest BCUT2D eigenvalue weighted by molar-refractivity contribution is 5.36. The first kappa shape index (κ1) is 12.3. The number of nitrogens with one attached hydrogen (secondary N) is 1. The summed E-state index contributed by atoms with van der Waals surface area (Å²) < 4.78 is 39.0. The van der Waals surface area contributed by atoms with Gasteiger partial charge in [-0.3, -0.25) is 0 Å². The molecule has 5 nitrogen and oxygen atoms in total. The van der Waals surface area contributed by atoms with Crippen LogP contribution in [0.4, 0.5) is 19.0 Å². The fourth-order valence-corrected chi connectivity index (χ4v) is 1.33. The molecule has 0 amide bonds. The molecule has 0 fully saturated rings. The number of aryl methyl sites for hydroxylation is 1. The largest absolute Gasteiger partial charge is 0.433 e. The van der Waals surface area contributed by atoms with Crippen LogP contribution in [0.1, 0.15) is 11.5 Å².